The van der Waals surface area contributed by atoms with Crippen LogP contribution in [-0.4, -0.2) is 89.0 Å². The highest BCUT2D eigenvalue weighted by atomic mass is 35.5. The van der Waals surface area contributed by atoms with Crippen LogP contribution in [0.1, 0.15) is 36.1 Å². The zero-order valence-electron chi connectivity index (χ0n) is 22.4. The van der Waals surface area contributed by atoms with E-state index in [9.17, 15) is 13.7 Å². The van der Waals surface area contributed by atoms with Gasteiger partial charge in [-0.05, 0) is 79.8 Å². The molecule has 2 heterocycles. The van der Waals surface area contributed by atoms with Crippen molar-refractivity contribution in [1.29, 1.82) is 5.26 Å². The van der Waals surface area contributed by atoms with Gasteiger partial charge in [-0.2, -0.15) is 5.26 Å². The lowest BCUT2D eigenvalue weighted by atomic mass is 10.0. The normalized spacial score (nSPS) is 24.0. The number of nitrogens with zero attached hydrogens (tertiary/aromatic N) is 3. The minimum absolute atomic E-state index is 0.0733. The third kappa shape index (κ3) is 6.59. The molecule has 0 amide bonds. The number of nitriles is 1. The highest BCUT2D eigenvalue weighted by Gasteiger charge is 2.40. The van der Waals surface area contributed by atoms with Crippen LogP contribution in [0.2, 0.25) is 5.02 Å². The van der Waals surface area contributed by atoms with E-state index in [1.54, 1.807) is 30.3 Å². The van der Waals surface area contributed by atoms with Crippen LogP contribution < -0.4 is 10.1 Å². The van der Waals surface area contributed by atoms with E-state index in [1.807, 2.05) is 13.0 Å². The number of hydrogen-bond acceptors (Lipinski definition) is 8. The Labute approximate surface area is 236 Å². The lowest BCUT2D eigenvalue weighted by Crippen LogP contribution is -2.50. The van der Waals surface area contributed by atoms with Crippen molar-refractivity contribution in [2.45, 2.75) is 36.8 Å². The van der Waals surface area contributed by atoms with Crippen LogP contribution in [0.3, 0.4) is 0 Å². The number of rotatable bonds is 10. The van der Waals surface area contributed by atoms with Crippen LogP contribution in [0.4, 0.5) is 0 Å². The Morgan fingerprint density at radius 1 is 1.15 bits per heavy atom. The summed E-state index contributed by atoms with van der Waals surface area (Å²) in [5.41, 5.74) is 2.52. The molecule has 2 aliphatic heterocycles. The second-order valence-electron chi connectivity index (χ2n) is 10.6. The maximum Gasteiger partial charge on any atom is 0.178 e. The predicted octanol–water partition coefficient (Wildman–Crippen LogP) is 3.29. The Morgan fingerprint density at radius 2 is 1.92 bits per heavy atom. The zero-order valence-corrected chi connectivity index (χ0v) is 24.0. The van der Waals surface area contributed by atoms with Crippen molar-refractivity contribution in [3.63, 3.8) is 0 Å². The summed E-state index contributed by atoms with van der Waals surface area (Å²) >= 11 is 6.38. The van der Waals surface area contributed by atoms with Gasteiger partial charge in [-0.3, -0.25) is 4.90 Å². The lowest BCUT2D eigenvalue weighted by molar-refractivity contribution is 0.0693. The third-order valence-corrected chi connectivity index (χ3v) is 10.2. The largest absolute Gasteiger partial charge is 0.484 e. The van der Waals surface area contributed by atoms with Crippen molar-refractivity contribution in [3.05, 3.63) is 58.1 Å². The molecule has 0 spiro atoms. The number of hydrogen-bond donors (Lipinski definition) is 1. The number of ether oxygens (including phenoxy) is 2. The van der Waals surface area contributed by atoms with Gasteiger partial charge in [0.2, 0.25) is 0 Å². The fourth-order valence-corrected chi connectivity index (χ4v) is 7.97. The van der Waals surface area contributed by atoms with Crippen LogP contribution >= 0.6 is 11.6 Å². The molecule has 2 saturated heterocycles. The van der Waals surface area contributed by atoms with Gasteiger partial charge in [-0.15, -0.1) is 0 Å². The Kier molecular flexibility index (Phi) is 9.12. The van der Waals surface area contributed by atoms with Crippen molar-refractivity contribution >= 4 is 21.4 Å². The minimum Gasteiger partial charge on any atom is -0.484 e. The van der Waals surface area contributed by atoms with Crippen molar-refractivity contribution < 1.29 is 17.9 Å². The summed E-state index contributed by atoms with van der Waals surface area (Å²) in [4.78, 5) is 5.02. The Balaban J connectivity index is 1.29. The first-order valence-corrected chi connectivity index (χ1v) is 15.9. The van der Waals surface area contributed by atoms with Crippen molar-refractivity contribution in [3.8, 4) is 11.8 Å². The zero-order chi connectivity index (χ0) is 27.4. The van der Waals surface area contributed by atoms with Crippen LogP contribution in [0, 0.1) is 17.2 Å². The van der Waals surface area contributed by atoms with Crippen molar-refractivity contribution in [2.24, 2.45) is 5.92 Å². The first-order valence-electron chi connectivity index (χ1n) is 13.8. The van der Waals surface area contributed by atoms with E-state index in [4.69, 9.17) is 21.1 Å². The van der Waals surface area contributed by atoms with Crippen LogP contribution in [0.25, 0.3) is 0 Å². The molecule has 2 aromatic rings. The van der Waals surface area contributed by atoms with Gasteiger partial charge in [0.1, 0.15) is 11.9 Å². The number of sulfone groups is 1. The second-order valence-corrected chi connectivity index (χ2v) is 13.1. The number of fused-ring (bicyclic) bond motifs is 1. The molecule has 2 fully saturated rings. The van der Waals surface area contributed by atoms with Gasteiger partial charge in [0.05, 0.1) is 34.9 Å². The maximum absolute atomic E-state index is 13.2. The molecule has 0 bridgehead atoms. The molecule has 3 aliphatic rings. The molecule has 39 heavy (non-hydrogen) atoms. The summed E-state index contributed by atoms with van der Waals surface area (Å²) in [6.45, 7) is 9.51. The van der Waals surface area contributed by atoms with Gasteiger partial charge in [-0.25, -0.2) is 8.42 Å². The summed E-state index contributed by atoms with van der Waals surface area (Å²) in [6.07, 6.45) is 1.30. The number of halogens is 1. The van der Waals surface area contributed by atoms with Gasteiger partial charge in [0.25, 0.3) is 0 Å². The number of likely N-dealkylation sites (tertiary alicyclic amines) is 1. The standard InChI is InChI=1S/C29H37ClN4O4S/c1-2-37-14-13-33-10-7-21(19-33)20-39(35,36)25-5-3-24(4-6-25)38-29-27-16-23(30)15-22(18-31)26(27)17-28(29)34-11-8-32-9-12-34/h3-6,15-16,21,28-29,32H,2,7-14,17,19-20H2,1H3/t21-,28+,29+/m1/s1. The van der Waals surface area contributed by atoms with Gasteiger partial charge in [0.15, 0.2) is 9.84 Å². The lowest BCUT2D eigenvalue weighted by Gasteiger charge is -2.36. The van der Waals surface area contributed by atoms with E-state index in [2.05, 4.69) is 21.2 Å². The molecule has 3 atom stereocenters. The molecule has 5 rings (SSSR count). The summed E-state index contributed by atoms with van der Waals surface area (Å²) in [7, 11) is -3.41. The molecular weight excluding hydrogens is 536 g/mol. The summed E-state index contributed by atoms with van der Waals surface area (Å²) < 4.78 is 38.4. The summed E-state index contributed by atoms with van der Waals surface area (Å²) in [6, 6.07) is 12.8. The van der Waals surface area contributed by atoms with Crippen LogP contribution in [0.5, 0.6) is 5.75 Å². The minimum atomic E-state index is -3.41. The van der Waals surface area contributed by atoms with Crippen LogP contribution in [0.15, 0.2) is 41.3 Å². The van der Waals surface area contributed by atoms with Crippen molar-refractivity contribution in [1.82, 2.24) is 15.1 Å². The van der Waals surface area contributed by atoms with Gasteiger partial charge in [-0.1, -0.05) is 11.6 Å². The first kappa shape index (κ1) is 28.3. The van der Waals surface area contributed by atoms with E-state index in [-0.39, 0.29) is 23.8 Å². The Bertz CT molecular complexity index is 1290. The Hall–Kier alpha value is -2.19. The van der Waals surface area contributed by atoms with E-state index >= 15 is 0 Å². The number of benzene rings is 2. The van der Waals surface area contributed by atoms with Gasteiger partial charge >= 0.3 is 0 Å². The monoisotopic (exact) mass is 572 g/mol. The van der Waals surface area contributed by atoms with E-state index in [1.165, 1.54) is 0 Å². The molecule has 0 saturated carbocycles. The SMILES string of the molecule is CCOCCN1CC[C@@H](CS(=O)(=O)c2ccc(O[C@H]3c4cc(Cl)cc(C#N)c4C[C@@H]3N3CCNCC3)cc2)C1. The molecule has 0 unspecified atom stereocenters. The molecule has 1 aliphatic carbocycles. The molecule has 2 aromatic carbocycles. The molecule has 10 heteroatoms. The third-order valence-electron chi connectivity index (χ3n) is 8.09. The topological polar surface area (TPSA) is 94.9 Å². The predicted molar refractivity (Wildman–Crippen MR) is 151 cm³/mol. The molecule has 8 nitrogen and oxygen atoms in total. The fourth-order valence-electron chi connectivity index (χ4n) is 6.11. The Morgan fingerprint density at radius 3 is 2.64 bits per heavy atom. The quantitative estimate of drug-likeness (QED) is 0.433. The maximum atomic E-state index is 13.2. The highest BCUT2D eigenvalue weighted by Crippen LogP contribution is 2.41. The van der Waals surface area contributed by atoms with E-state index in [0.717, 1.165) is 69.8 Å². The molecule has 0 aromatic heterocycles. The molecule has 210 valence electrons. The van der Waals surface area contributed by atoms with E-state index in [0.29, 0.717) is 34.4 Å². The van der Waals surface area contributed by atoms with Crippen LogP contribution in [-0.2, 0) is 21.0 Å². The van der Waals surface area contributed by atoms with Gasteiger partial charge in [0, 0.05) is 50.9 Å². The molecule has 0 radical (unpaired) electrons. The highest BCUT2D eigenvalue weighted by molar-refractivity contribution is 7.91. The average Bonchev–Trinajstić information content (AvgIpc) is 3.53. The number of piperazine rings is 1. The molecular formula is C29H37ClN4O4S. The molecule has 1 N–H and O–H groups in total. The summed E-state index contributed by atoms with van der Waals surface area (Å²) in [5.74, 6) is 0.879. The smallest absolute Gasteiger partial charge is 0.178 e. The van der Waals surface area contributed by atoms with Gasteiger partial charge < -0.3 is 19.7 Å². The van der Waals surface area contributed by atoms with E-state index < -0.39 is 9.84 Å². The average molecular weight is 573 g/mol. The summed E-state index contributed by atoms with van der Waals surface area (Å²) in [5, 5.41) is 13.6. The number of nitrogens with one attached hydrogen (secondary N) is 1. The van der Waals surface area contributed by atoms with Crippen molar-refractivity contribution in [2.75, 3.05) is 64.8 Å². The first-order chi connectivity index (χ1) is 18.9. The fraction of sp³-hybridized carbons (Fsp3) is 0.552. The second kappa shape index (κ2) is 12.5.